The number of hydrogen-bond donors (Lipinski definition) is 1. The molecule has 15 heavy (non-hydrogen) atoms. The minimum absolute atomic E-state index is 0.0104. The van der Waals surface area contributed by atoms with Gasteiger partial charge < -0.3 is 5.11 Å². The topological polar surface area (TPSA) is 54.4 Å². The summed E-state index contributed by atoms with van der Waals surface area (Å²) in [6.45, 7) is 3.73. The Hall–Kier alpha value is -0.610. The van der Waals surface area contributed by atoms with Crippen molar-refractivity contribution in [2.75, 3.05) is 0 Å². The number of hydrogen-bond acceptors (Lipinski definition) is 3. The highest BCUT2D eigenvalue weighted by molar-refractivity contribution is 7.95. The van der Waals surface area contributed by atoms with E-state index < -0.39 is 20.7 Å². The summed E-state index contributed by atoms with van der Waals surface area (Å²) in [5.74, 6) is -0.259. The lowest BCUT2D eigenvalue weighted by molar-refractivity contribution is 0.0681. The molecular formula is C11H16O3S. The Morgan fingerprint density at radius 2 is 2.20 bits per heavy atom. The van der Waals surface area contributed by atoms with E-state index in [0.29, 0.717) is 6.42 Å². The molecule has 3 nitrogen and oxygen atoms in total. The molecule has 1 aliphatic heterocycles. The summed E-state index contributed by atoms with van der Waals surface area (Å²) in [4.78, 5) is 0. The second-order valence-corrected chi connectivity index (χ2v) is 6.58. The Kier molecular flexibility index (Phi) is 2.32. The lowest BCUT2D eigenvalue weighted by atomic mass is 9.90. The van der Waals surface area contributed by atoms with Crippen molar-refractivity contribution in [2.45, 2.75) is 31.1 Å². The molecule has 1 fully saturated rings. The van der Waals surface area contributed by atoms with Crippen molar-refractivity contribution in [1.29, 1.82) is 0 Å². The molecule has 84 valence electrons. The van der Waals surface area contributed by atoms with Crippen LogP contribution in [0.25, 0.3) is 0 Å². The molecule has 0 unspecified atom stereocenters. The molecule has 2 rings (SSSR count). The van der Waals surface area contributed by atoms with Gasteiger partial charge in [0.2, 0.25) is 0 Å². The first-order chi connectivity index (χ1) is 6.91. The SMILES string of the molecule is C/C=C/[C@]1(O)C[C@H](C)[C@@H]2[C@H]1C=CS2(=O)=O. The van der Waals surface area contributed by atoms with E-state index >= 15 is 0 Å². The molecule has 2 aliphatic rings. The van der Waals surface area contributed by atoms with Crippen LogP contribution in [0.15, 0.2) is 23.6 Å². The average Bonchev–Trinajstić information content (AvgIpc) is 2.53. The summed E-state index contributed by atoms with van der Waals surface area (Å²) in [5.41, 5.74) is -0.973. The number of fused-ring (bicyclic) bond motifs is 1. The van der Waals surface area contributed by atoms with Crippen LogP contribution < -0.4 is 0 Å². The summed E-state index contributed by atoms with van der Waals surface area (Å²) >= 11 is 0. The largest absolute Gasteiger partial charge is 0.385 e. The summed E-state index contributed by atoms with van der Waals surface area (Å²) in [7, 11) is -3.14. The van der Waals surface area contributed by atoms with E-state index in [1.807, 2.05) is 13.8 Å². The lowest BCUT2D eigenvalue weighted by Crippen LogP contribution is -2.33. The van der Waals surface area contributed by atoms with Gasteiger partial charge in [-0.25, -0.2) is 8.42 Å². The molecule has 1 heterocycles. The summed E-state index contributed by atoms with van der Waals surface area (Å²) in [6.07, 6.45) is 5.67. The van der Waals surface area contributed by atoms with Crippen molar-refractivity contribution >= 4 is 9.84 Å². The Morgan fingerprint density at radius 1 is 1.53 bits per heavy atom. The van der Waals surface area contributed by atoms with Crippen molar-refractivity contribution in [1.82, 2.24) is 0 Å². The minimum Gasteiger partial charge on any atom is -0.385 e. The van der Waals surface area contributed by atoms with Gasteiger partial charge in [0, 0.05) is 11.3 Å². The van der Waals surface area contributed by atoms with Gasteiger partial charge in [0.15, 0.2) is 9.84 Å². The van der Waals surface area contributed by atoms with Crippen molar-refractivity contribution in [3.8, 4) is 0 Å². The predicted octanol–water partition coefficient (Wildman–Crippen LogP) is 1.26. The minimum atomic E-state index is -3.14. The average molecular weight is 228 g/mol. The smallest absolute Gasteiger partial charge is 0.175 e. The van der Waals surface area contributed by atoms with Crippen LogP contribution in [0.2, 0.25) is 0 Å². The van der Waals surface area contributed by atoms with E-state index in [-0.39, 0.29) is 11.8 Å². The Labute approximate surface area is 90.4 Å². The Balaban J connectivity index is 2.44. The van der Waals surface area contributed by atoms with Gasteiger partial charge in [-0.05, 0) is 19.3 Å². The maximum Gasteiger partial charge on any atom is 0.175 e. The van der Waals surface area contributed by atoms with Crippen LogP contribution in [0.4, 0.5) is 0 Å². The first-order valence-electron chi connectivity index (χ1n) is 5.19. The van der Waals surface area contributed by atoms with Crippen LogP contribution in [0.5, 0.6) is 0 Å². The van der Waals surface area contributed by atoms with Crippen molar-refractivity contribution in [3.05, 3.63) is 23.6 Å². The normalized spacial score (nSPS) is 47.5. The van der Waals surface area contributed by atoms with Gasteiger partial charge >= 0.3 is 0 Å². The number of rotatable bonds is 1. The van der Waals surface area contributed by atoms with Crippen LogP contribution in [-0.2, 0) is 9.84 Å². The molecule has 0 radical (unpaired) electrons. The maximum absolute atomic E-state index is 11.7. The maximum atomic E-state index is 11.7. The van der Waals surface area contributed by atoms with Crippen molar-refractivity contribution in [2.24, 2.45) is 11.8 Å². The van der Waals surface area contributed by atoms with Crippen LogP contribution in [0.1, 0.15) is 20.3 Å². The second kappa shape index (κ2) is 3.19. The van der Waals surface area contributed by atoms with Crippen LogP contribution in [0, 0.1) is 11.8 Å². The van der Waals surface area contributed by atoms with E-state index in [4.69, 9.17) is 0 Å². The van der Waals surface area contributed by atoms with Gasteiger partial charge in [0.05, 0.1) is 10.9 Å². The fraction of sp³-hybridized carbons (Fsp3) is 0.636. The first-order valence-corrected chi connectivity index (χ1v) is 6.80. The third-order valence-corrected chi connectivity index (χ3v) is 5.50. The van der Waals surface area contributed by atoms with Gasteiger partial charge in [-0.3, -0.25) is 0 Å². The zero-order valence-electron chi connectivity index (χ0n) is 8.92. The van der Waals surface area contributed by atoms with Gasteiger partial charge in [0.1, 0.15) is 0 Å². The second-order valence-electron chi connectivity index (χ2n) is 4.58. The molecule has 0 aromatic carbocycles. The molecule has 0 aromatic heterocycles. The molecule has 0 aromatic rings. The van der Waals surface area contributed by atoms with E-state index in [2.05, 4.69) is 0 Å². The fourth-order valence-electron chi connectivity index (χ4n) is 2.96. The lowest BCUT2D eigenvalue weighted by Gasteiger charge is -2.23. The van der Waals surface area contributed by atoms with Gasteiger partial charge in [0.25, 0.3) is 0 Å². The standard InChI is InChI=1S/C11H16O3S/c1-3-5-11(12)7-8(2)10-9(11)4-6-15(10,13)14/h3-6,8-10,12H,7H2,1-2H3/b5-3+/t8-,9+,10+,11-/m0/s1. The number of sulfone groups is 1. The third kappa shape index (κ3) is 1.47. The van der Waals surface area contributed by atoms with Gasteiger partial charge in [-0.15, -0.1) is 0 Å². The van der Waals surface area contributed by atoms with Crippen LogP contribution in [0.3, 0.4) is 0 Å². The molecule has 0 amide bonds. The quantitative estimate of drug-likeness (QED) is 0.687. The fourth-order valence-corrected chi connectivity index (χ4v) is 5.01. The number of allylic oxidation sites excluding steroid dienone is 1. The zero-order chi connectivity index (χ0) is 11.3. The Morgan fingerprint density at radius 3 is 2.80 bits per heavy atom. The molecule has 0 saturated heterocycles. The third-order valence-electron chi connectivity index (χ3n) is 3.45. The highest BCUT2D eigenvalue weighted by Crippen LogP contribution is 2.48. The molecule has 0 spiro atoms. The van der Waals surface area contributed by atoms with E-state index in [0.717, 1.165) is 0 Å². The van der Waals surface area contributed by atoms with Gasteiger partial charge in [-0.2, -0.15) is 0 Å². The molecule has 4 atom stereocenters. The van der Waals surface area contributed by atoms with E-state index in [1.54, 1.807) is 18.2 Å². The van der Waals surface area contributed by atoms with Crippen molar-refractivity contribution in [3.63, 3.8) is 0 Å². The summed E-state index contributed by atoms with van der Waals surface area (Å²) in [5, 5.41) is 11.2. The molecule has 1 aliphatic carbocycles. The van der Waals surface area contributed by atoms with Gasteiger partial charge in [-0.1, -0.05) is 25.2 Å². The molecule has 1 N–H and O–H groups in total. The molecule has 4 heteroatoms. The molecule has 1 saturated carbocycles. The summed E-state index contributed by atoms with van der Waals surface area (Å²) < 4.78 is 23.4. The molecule has 0 bridgehead atoms. The Bertz CT molecular complexity index is 421. The molecular weight excluding hydrogens is 212 g/mol. The number of aliphatic hydroxyl groups is 1. The first kappa shape index (κ1) is 10.9. The zero-order valence-corrected chi connectivity index (χ0v) is 9.74. The summed E-state index contributed by atoms with van der Waals surface area (Å²) in [6, 6.07) is 0. The van der Waals surface area contributed by atoms with E-state index in [9.17, 15) is 13.5 Å². The van der Waals surface area contributed by atoms with E-state index in [1.165, 1.54) is 5.41 Å². The predicted molar refractivity (Wildman–Crippen MR) is 58.9 cm³/mol. The van der Waals surface area contributed by atoms with Crippen LogP contribution in [-0.4, -0.2) is 24.4 Å². The monoisotopic (exact) mass is 228 g/mol. The highest BCUT2D eigenvalue weighted by Gasteiger charge is 2.55. The van der Waals surface area contributed by atoms with Crippen LogP contribution >= 0.6 is 0 Å². The van der Waals surface area contributed by atoms with Crippen molar-refractivity contribution < 1.29 is 13.5 Å². The highest BCUT2D eigenvalue weighted by atomic mass is 32.2.